The number of piperidine rings is 1. The minimum Gasteiger partial charge on any atom is -0.480 e. The molecule has 0 saturated carbocycles. The molecule has 1 aliphatic rings. The van der Waals surface area contributed by atoms with Crippen molar-refractivity contribution in [2.45, 2.75) is 31.5 Å². The Kier molecular flexibility index (Phi) is 5.37. The van der Waals surface area contributed by atoms with E-state index in [2.05, 4.69) is 9.88 Å². The summed E-state index contributed by atoms with van der Waals surface area (Å²) in [5.41, 5.74) is 1.60. The molecular weight excluding hydrogens is 332 g/mol. The maximum Gasteiger partial charge on any atom is 0.326 e. The van der Waals surface area contributed by atoms with Crippen molar-refractivity contribution >= 4 is 11.9 Å². The van der Waals surface area contributed by atoms with Gasteiger partial charge in [0.05, 0.1) is 0 Å². The third-order valence-electron chi connectivity index (χ3n) is 5.06. The van der Waals surface area contributed by atoms with Gasteiger partial charge in [-0.15, -0.1) is 0 Å². The van der Waals surface area contributed by atoms with Gasteiger partial charge in [0.25, 0.3) is 5.91 Å². The number of hydrogen-bond donors (Lipinski definition) is 1. The molecule has 0 spiro atoms. The van der Waals surface area contributed by atoms with Crippen molar-refractivity contribution in [3.63, 3.8) is 0 Å². The molecule has 7 heteroatoms. The maximum absolute atomic E-state index is 12.8. The van der Waals surface area contributed by atoms with E-state index in [0.29, 0.717) is 25.2 Å². The van der Waals surface area contributed by atoms with E-state index in [1.54, 1.807) is 36.1 Å². The summed E-state index contributed by atoms with van der Waals surface area (Å²) < 4.78 is 1.72. The molecule has 1 aliphatic heterocycles. The van der Waals surface area contributed by atoms with Gasteiger partial charge in [0.1, 0.15) is 11.7 Å². The minimum absolute atomic E-state index is 0.105. The number of aromatic nitrogens is 2. The van der Waals surface area contributed by atoms with E-state index in [1.807, 2.05) is 25.4 Å². The number of likely N-dealkylation sites (tertiary alicyclic amines) is 1. The van der Waals surface area contributed by atoms with Crippen molar-refractivity contribution in [3.8, 4) is 0 Å². The van der Waals surface area contributed by atoms with Gasteiger partial charge in [-0.25, -0.2) is 4.79 Å². The van der Waals surface area contributed by atoms with Crippen LogP contribution in [0.3, 0.4) is 0 Å². The summed E-state index contributed by atoms with van der Waals surface area (Å²) >= 11 is 0. The zero-order chi connectivity index (χ0) is 18.7. The number of carbonyl (C=O) groups excluding carboxylic acids is 1. The Labute approximate surface area is 152 Å². The van der Waals surface area contributed by atoms with E-state index in [-0.39, 0.29) is 11.9 Å². The highest BCUT2D eigenvalue weighted by Gasteiger charge is 2.38. The average molecular weight is 356 g/mol. The Balaban J connectivity index is 1.71. The second-order valence-corrected chi connectivity index (χ2v) is 6.81. The summed E-state index contributed by atoms with van der Waals surface area (Å²) in [6.45, 7) is 1.14. The Bertz CT molecular complexity index is 774. The lowest BCUT2D eigenvalue weighted by atomic mass is 9.95. The van der Waals surface area contributed by atoms with Gasteiger partial charge in [-0.05, 0) is 43.7 Å². The van der Waals surface area contributed by atoms with Crippen LogP contribution >= 0.6 is 0 Å². The highest BCUT2D eigenvalue weighted by atomic mass is 16.4. The fourth-order valence-corrected chi connectivity index (χ4v) is 3.56. The molecule has 0 aromatic carbocycles. The van der Waals surface area contributed by atoms with Crippen LogP contribution in [0.4, 0.5) is 0 Å². The fraction of sp³-hybridized carbons (Fsp3) is 0.421. The van der Waals surface area contributed by atoms with Gasteiger partial charge < -0.3 is 14.6 Å². The SMILES string of the molecule is CN(Cc1cccnc1)[C@H]1CCN(C(=O)c2cccn2C)[C@H](C(=O)O)C1. The Morgan fingerprint density at radius 2 is 2.15 bits per heavy atom. The molecule has 7 nitrogen and oxygen atoms in total. The second kappa shape index (κ2) is 7.70. The van der Waals surface area contributed by atoms with Crippen LogP contribution < -0.4 is 0 Å². The zero-order valence-corrected chi connectivity index (χ0v) is 15.1. The Morgan fingerprint density at radius 3 is 2.77 bits per heavy atom. The summed E-state index contributed by atoms with van der Waals surface area (Å²) in [5.74, 6) is -1.18. The molecule has 0 aliphatic carbocycles. The Hall–Kier alpha value is -2.67. The van der Waals surface area contributed by atoms with Crippen molar-refractivity contribution < 1.29 is 14.7 Å². The molecule has 2 aromatic rings. The number of aliphatic carboxylic acids is 1. The molecule has 3 rings (SSSR count). The molecule has 1 saturated heterocycles. The number of rotatable bonds is 5. The van der Waals surface area contributed by atoms with Crippen molar-refractivity contribution in [3.05, 3.63) is 54.1 Å². The van der Waals surface area contributed by atoms with Crippen LogP contribution in [0.1, 0.15) is 28.9 Å². The number of carboxylic acid groups (broad SMARTS) is 1. The predicted molar refractivity (Wildman–Crippen MR) is 96.6 cm³/mol. The molecule has 0 bridgehead atoms. The van der Waals surface area contributed by atoms with E-state index in [1.165, 1.54) is 4.90 Å². The molecule has 3 heterocycles. The van der Waals surface area contributed by atoms with E-state index in [0.717, 1.165) is 12.0 Å². The zero-order valence-electron chi connectivity index (χ0n) is 15.1. The highest BCUT2D eigenvalue weighted by molar-refractivity contribution is 5.95. The van der Waals surface area contributed by atoms with Crippen LogP contribution in [0, 0.1) is 0 Å². The van der Waals surface area contributed by atoms with E-state index >= 15 is 0 Å². The molecule has 26 heavy (non-hydrogen) atoms. The third kappa shape index (κ3) is 3.77. The van der Waals surface area contributed by atoms with Crippen LogP contribution in [-0.4, -0.2) is 62.0 Å². The van der Waals surface area contributed by atoms with Crippen LogP contribution in [-0.2, 0) is 18.4 Å². The lowest BCUT2D eigenvalue weighted by Gasteiger charge is -2.40. The molecule has 0 unspecified atom stereocenters. The van der Waals surface area contributed by atoms with Crippen LogP contribution in [0.15, 0.2) is 42.9 Å². The van der Waals surface area contributed by atoms with Crippen molar-refractivity contribution in [2.75, 3.05) is 13.6 Å². The lowest BCUT2D eigenvalue weighted by molar-refractivity contribution is -0.144. The van der Waals surface area contributed by atoms with Crippen molar-refractivity contribution in [1.82, 2.24) is 19.4 Å². The monoisotopic (exact) mass is 356 g/mol. The number of carbonyl (C=O) groups is 2. The van der Waals surface area contributed by atoms with Gasteiger partial charge in [0.15, 0.2) is 0 Å². The molecule has 2 atom stereocenters. The first-order valence-electron chi connectivity index (χ1n) is 8.71. The molecule has 2 aromatic heterocycles. The second-order valence-electron chi connectivity index (χ2n) is 6.81. The summed E-state index contributed by atoms with van der Waals surface area (Å²) in [4.78, 5) is 32.4. The van der Waals surface area contributed by atoms with Gasteiger partial charge in [-0.3, -0.25) is 14.7 Å². The van der Waals surface area contributed by atoms with Gasteiger partial charge >= 0.3 is 5.97 Å². The van der Waals surface area contributed by atoms with Crippen molar-refractivity contribution in [2.24, 2.45) is 7.05 Å². The first kappa shape index (κ1) is 18.1. The Morgan fingerprint density at radius 1 is 1.35 bits per heavy atom. The van der Waals surface area contributed by atoms with Crippen LogP contribution in [0.25, 0.3) is 0 Å². The van der Waals surface area contributed by atoms with E-state index in [9.17, 15) is 14.7 Å². The third-order valence-corrected chi connectivity index (χ3v) is 5.06. The van der Waals surface area contributed by atoms with E-state index in [4.69, 9.17) is 0 Å². The number of hydrogen-bond acceptors (Lipinski definition) is 4. The summed E-state index contributed by atoms with van der Waals surface area (Å²) in [7, 11) is 3.78. The molecule has 0 radical (unpaired) electrons. The largest absolute Gasteiger partial charge is 0.480 e. The van der Waals surface area contributed by atoms with Crippen LogP contribution in [0.5, 0.6) is 0 Å². The summed E-state index contributed by atoms with van der Waals surface area (Å²) in [6, 6.07) is 6.71. The number of amides is 1. The number of pyridine rings is 1. The number of carboxylic acids is 1. The minimum atomic E-state index is -0.952. The smallest absolute Gasteiger partial charge is 0.326 e. The molecule has 1 fully saturated rings. The highest BCUT2D eigenvalue weighted by Crippen LogP contribution is 2.24. The van der Waals surface area contributed by atoms with Crippen LogP contribution in [0.2, 0.25) is 0 Å². The topological polar surface area (TPSA) is 78.7 Å². The molecule has 1 amide bonds. The molecule has 138 valence electrons. The normalized spacial score (nSPS) is 20.3. The standard InChI is InChI=1S/C19H24N4O3/c1-21-9-4-6-16(21)18(24)23-10-7-15(11-17(23)19(25)26)22(2)13-14-5-3-8-20-12-14/h3-6,8-9,12,15,17H,7,10-11,13H2,1-2H3,(H,25,26)/t15-,17-/m0/s1. The van der Waals surface area contributed by atoms with Gasteiger partial charge in [0, 0.05) is 44.8 Å². The van der Waals surface area contributed by atoms with Crippen molar-refractivity contribution in [1.29, 1.82) is 0 Å². The average Bonchev–Trinajstić information content (AvgIpc) is 3.07. The number of nitrogens with zero attached hydrogens (tertiary/aromatic N) is 4. The van der Waals surface area contributed by atoms with Gasteiger partial charge in [0.2, 0.25) is 0 Å². The molecule has 1 N–H and O–H groups in total. The quantitative estimate of drug-likeness (QED) is 0.881. The number of aryl methyl sites for hydroxylation is 1. The summed E-state index contributed by atoms with van der Waals surface area (Å²) in [5, 5.41) is 9.68. The fourth-order valence-electron chi connectivity index (χ4n) is 3.56. The predicted octanol–water partition coefficient (Wildman–Crippen LogP) is 1.61. The molecular formula is C19H24N4O3. The first-order chi connectivity index (χ1) is 12.5. The lowest BCUT2D eigenvalue weighted by Crippen LogP contribution is -2.54. The first-order valence-corrected chi connectivity index (χ1v) is 8.71. The van der Waals surface area contributed by atoms with Gasteiger partial charge in [-0.1, -0.05) is 6.07 Å². The van der Waals surface area contributed by atoms with Gasteiger partial charge in [-0.2, -0.15) is 0 Å². The van der Waals surface area contributed by atoms with E-state index < -0.39 is 12.0 Å². The maximum atomic E-state index is 12.8. The summed E-state index contributed by atoms with van der Waals surface area (Å²) in [6.07, 6.45) is 6.51.